The standard InChI is InChI=1S/C33H37N5OS.C2H6/c1-22-10-12-26(13-11-22)38-21-25-20-37(17-15-30(25)36-38)16-14-27-28(18-23(2)19-29(27)33(39)34-4)24(3)35-31-8-6-7-9-32(31)40-5;1-2/h6-14,16,18-19,21,24,35H,15,17,20H2,1-5H3,(H,34,39);1-2H3/b16-14+;/t24-;/m1./s1. The molecular weight excluding hydrogens is 538 g/mol. The number of aromatic nitrogens is 2. The number of para-hydroxylation sites is 1. The number of anilines is 1. The molecule has 0 saturated heterocycles. The molecule has 0 radical (unpaired) electrons. The van der Waals surface area contributed by atoms with Crippen LogP contribution >= 0.6 is 11.8 Å². The molecule has 3 aromatic carbocycles. The van der Waals surface area contributed by atoms with E-state index in [-0.39, 0.29) is 11.9 Å². The molecule has 1 aliphatic rings. The average Bonchev–Trinajstić information content (AvgIpc) is 3.44. The number of carbonyl (C=O) groups excluding carboxylic acids is 1. The topological polar surface area (TPSA) is 62.2 Å². The first-order valence-electron chi connectivity index (χ1n) is 14.7. The highest BCUT2D eigenvalue weighted by Gasteiger charge is 2.21. The predicted molar refractivity (Wildman–Crippen MR) is 178 cm³/mol. The van der Waals surface area contributed by atoms with Crippen LogP contribution in [0.25, 0.3) is 11.8 Å². The highest BCUT2D eigenvalue weighted by molar-refractivity contribution is 7.98. The van der Waals surface area contributed by atoms with Crippen LogP contribution in [0.5, 0.6) is 0 Å². The van der Waals surface area contributed by atoms with Crippen LogP contribution in [-0.2, 0) is 13.0 Å². The number of fused-ring (bicyclic) bond motifs is 1. The number of hydrogen-bond donors (Lipinski definition) is 2. The Morgan fingerprint density at radius 3 is 2.50 bits per heavy atom. The molecule has 1 amide bonds. The summed E-state index contributed by atoms with van der Waals surface area (Å²) in [5.41, 5.74) is 9.56. The second-order valence-corrected chi connectivity index (χ2v) is 11.2. The zero-order chi connectivity index (χ0) is 30.2. The number of hydrogen-bond acceptors (Lipinski definition) is 5. The Balaban J connectivity index is 0.00000198. The van der Waals surface area contributed by atoms with Gasteiger partial charge in [-0.2, -0.15) is 5.10 Å². The normalized spacial score (nSPS) is 13.3. The van der Waals surface area contributed by atoms with Crippen molar-refractivity contribution < 1.29 is 4.79 Å². The summed E-state index contributed by atoms with van der Waals surface area (Å²) in [5.74, 6) is -0.0818. The average molecular weight is 582 g/mol. The van der Waals surface area contributed by atoms with E-state index in [1.807, 2.05) is 37.6 Å². The minimum Gasteiger partial charge on any atom is -0.378 e. The third kappa shape index (κ3) is 7.08. The van der Waals surface area contributed by atoms with Gasteiger partial charge in [0, 0.05) is 60.5 Å². The van der Waals surface area contributed by atoms with Crippen molar-refractivity contribution in [2.24, 2.45) is 0 Å². The molecule has 7 heteroatoms. The zero-order valence-corrected chi connectivity index (χ0v) is 26.7. The summed E-state index contributed by atoms with van der Waals surface area (Å²) in [6.45, 7) is 12.0. The van der Waals surface area contributed by atoms with Crippen molar-refractivity contribution in [3.63, 3.8) is 0 Å². The number of thioether (sulfide) groups is 1. The monoisotopic (exact) mass is 581 g/mol. The van der Waals surface area contributed by atoms with Crippen LogP contribution < -0.4 is 10.6 Å². The van der Waals surface area contributed by atoms with Gasteiger partial charge in [-0.1, -0.05) is 49.7 Å². The Morgan fingerprint density at radius 2 is 1.79 bits per heavy atom. The quantitative estimate of drug-likeness (QED) is 0.208. The summed E-state index contributed by atoms with van der Waals surface area (Å²) in [6.07, 6.45) is 9.35. The van der Waals surface area contributed by atoms with Gasteiger partial charge in [-0.25, -0.2) is 4.68 Å². The molecule has 0 unspecified atom stereocenters. The van der Waals surface area contributed by atoms with Gasteiger partial charge in [-0.05, 0) is 86.3 Å². The van der Waals surface area contributed by atoms with Crippen molar-refractivity contribution >= 4 is 29.4 Å². The summed E-state index contributed by atoms with van der Waals surface area (Å²) in [6, 6.07) is 20.9. The van der Waals surface area contributed by atoms with Crippen molar-refractivity contribution in [1.29, 1.82) is 0 Å². The minimum absolute atomic E-state index is 0.00282. The molecule has 5 rings (SSSR count). The van der Waals surface area contributed by atoms with Crippen LogP contribution in [0.1, 0.15) is 70.7 Å². The molecule has 0 spiro atoms. The Labute approximate surface area is 255 Å². The molecule has 1 aliphatic heterocycles. The highest BCUT2D eigenvalue weighted by Crippen LogP contribution is 2.32. The summed E-state index contributed by atoms with van der Waals surface area (Å²) in [7, 11) is 1.69. The molecule has 220 valence electrons. The molecule has 6 nitrogen and oxygen atoms in total. The van der Waals surface area contributed by atoms with Gasteiger partial charge in [0.25, 0.3) is 5.91 Å². The van der Waals surface area contributed by atoms with Gasteiger partial charge in [0.2, 0.25) is 0 Å². The van der Waals surface area contributed by atoms with Crippen molar-refractivity contribution in [3.05, 3.63) is 112 Å². The molecular formula is C35H43N5OS. The number of rotatable bonds is 8. The summed E-state index contributed by atoms with van der Waals surface area (Å²) < 4.78 is 1.98. The van der Waals surface area contributed by atoms with E-state index in [4.69, 9.17) is 5.10 Å². The molecule has 0 bridgehead atoms. The van der Waals surface area contributed by atoms with E-state index >= 15 is 0 Å². The van der Waals surface area contributed by atoms with Crippen molar-refractivity contribution in [3.8, 4) is 5.69 Å². The Morgan fingerprint density at radius 1 is 1.05 bits per heavy atom. The van der Waals surface area contributed by atoms with Gasteiger partial charge in [0.1, 0.15) is 0 Å². The largest absolute Gasteiger partial charge is 0.378 e. The molecule has 0 fully saturated rings. The van der Waals surface area contributed by atoms with Crippen molar-refractivity contribution in [2.75, 3.05) is 25.2 Å². The number of amides is 1. The first-order chi connectivity index (χ1) is 20.4. The van der Waals surface area contributed by atoms with E-state index < -0.39 is 0 Å². The molecule has 1 atom stereocenters. The molecule has 42 heavy (non-hydrogen) atoms. The molecule has 4 aromatic rings. The van der Waals surface area contributed by atoms with Crippen molar-refractivity contribution in [1.82, 2.24) is 20.0 Å². The highest BCUT2D eigenvalue weighted by atomic mass is 32.2. The smallest absolute Gasteiger partial charge is 0.251 e. The van der Waals surface area contributed by atoms with E-state index in [1.54, 1.807) is 18.8 Å². The summed E-state index contributed by atoms with van der Waals surface area (Å²) in [5, 5.41) is 11.4. The predicted octanol–water partition coefficient (Wildman–Crippen LogP) is 7.80. The van der Waals surface area contributed by atoms with E-state index in [9.17, 15) is 4.79 Å². The lowest BCUT2D eigenvalue weighted by molar-refractivity contribution is 0.0962. The first-order valence-corrected chi connectivity index (χ1v) is 15.9. The lowest BCUT2D eigenvalue weighted by atomic mass is 9.93. The number of aryl methyl sites for hydroxylation is 2. The first kappa shape index (κ1) is 31.0. The fraction of sp³-hybridized carbons (Fsp3) is 0.314. The maximum absolute atomic E-state index is 13.0. The molecule has 0 aliphatic carbocycles. The number of nitrogens with one attached hydrogen (secondary N) is 2. The fourth-order valence-electron chi connectivity index (χ4n) is 5.24. The number of benzene rings is 3. The Kier molecular flexibility index (Phi) is 10.5. The van der Waals surface area contributed by atoms with Crippen LogP contribution in [0, 0.1) is 13.8 Å². The van der Waals surface area contributed by atoms with Crippen LogP contribution in [0.2, 0.25) is 0 Å². The van der Waals surface area contributed by atoms with E-state index in [2.05, 4.69) is 103 Å². The van der Waals surface area contributed by atoms with Crippen molar-refractivity contribution in [2.45, 2.75) is 58.5 Å². The zero-order valence-electron chi connectivity index (χ0n) is 25.9. The molecule has 2 heterocycles. The fourth-order valence-corrected chi connectivity index (χ4v) is 5.80. The van der Waals surface area contributed by atoms with Gasteiger partial charge < -0.3 is 15.5 Å². The van der Waals surface area contributed by atoms with Gasteiger partial charge in [0.05, 0.1) is 11.4 Å². The van der Waals surface area contributed by atoms with E-state index in [0.717, 1.165) is 53.3 Å². The minimum atomic E-state index is -0.0818. The number of carbonyl (C=O) groups is 1. The van der Waals surface area contributed by atoms with E-state index in [1.165, 1.54) is 16.0 Å². The summed E-state index contributed by atoms with van der Waals surface area (Å²) in [4.78, 5) is 16.5. The Bertz CT molecular complexity index is 1540. The Hall–Kier alpha value is -3.97. The third-order valence-electron chi connectivity index (χ3n) is 7.41. The third-order valence-corrected chi connectivity index (χ3v) is 8.21. The SMILES string of the molecule is CC.CNC(=O)c1cc(C)cc([C@@H](C)Nc2ccccc2SC)c1/C=C/N1CCc2nn(-c3ccc(C)cc3)cc2C1. The molecule has 0 saturated carbocycles. The van der Waals surface area contributed by atoms with Gasteiger partial charge in [0.15, 0.2) is 0 Å². The lowest BCUT2D eigenvalue weighted by Crippen LogP contribution is -2.25. The lowest BCUT2D eigenvalue weighted by Gasteiger charge is -2.25. The summed E-state index contributed by atoms with van der Waals surface area (Å²) >= 11 is 1.72. The van der Waals surface area contributed by atoms with Crippen LogP contribution in [0.3, 0.4) is 0 Å². The van der Waals surface area contributed by atoms with E-state index in [0.29, 0.717) is 5.56 Å². The maximum Gasteiger partial charge on any atom is 0.251 e. The maximum atomic E-state index is 13.0. The van der Waals surface area contributed by atoms with Gasteiger partial charge >= 0.3 is 0 Å². The second kappa shape index (κ2) is 14.3. The van der Waals surface area contributed by atoms with Crippen LogP contribution in [-0.4, -0.2) is 40.4 Å². The van der Waals surface area contributed by atoms with Crippen LogP contribution in [0.4, 0.5) is 5.69 Å². The number of nitrogens with zero attached hydrogens (tertiary/aromatic N) is 3. The molecule has 2 N–H and O–H groups in total. The molecule has 1 aromatic heterocycles. The van der Waals surface area contributed by atoms with Gasteiger partial charge in [-0.15, -0.1) is 11.8 Å². The van der Waals surface area contributed by atoms with Gasteiger partial charge in [-0.3, -0.25) is 4.79 Å². The second-order valence-electron chi connectivity index (χ2n) is 10.4. The van der Waals surface area contributed by atoms with Crippen LogP contribution in [0.15, 0.2) is 78.0 Å².